The molecule has 0 saturated heterocycles. The Labute approximate surface area is 136 Å². The first-order valence-electron chi connectivity index (χ1n) is 7.19. The number of thiophene rings is 1. The van der Waals surface area contributed by atoms with Crippen LogP contribution in [0.25, 0.3) is 16.9 Å². The molecule has 0 radical (unpaired) electrons. The number of hydrogen-bond donors (Lipinski definition) is 2. The Balaban J connectivity index is 1.71. The number of aromatic nitrogens is 3. The van der Waals surface area contributed by atoms with E-state index in [1.54, 1.807) is 35.9 Å². The van der Waals surface area contributed by atoms with Gasteiger partial charge < -0.3 is 10.4 Å². The van der Waals surface area contributed by atoms with Crippen LogP contribution in [0.1, 0.15) is 4.88 Å². The molecular formula is C17H14N4OS. The fourth-order valence-corrected chi connectivity index (χ4v) is 3.15. The van der Waals surface area contributed by atoms with Gasteiger partial charge in [-0.2, -0.15) is 0 Å². The molecule has 6 heteroatoms. The molecule has 0 aliphatic carbocycles. The van der Waals surface area contributed by atoms with Gasteiger partial charge >= 0.3 is 0 Å². The zero-order valence-electron chi connectivity index (χ0n) is 12.2. The molecule has 0 fully saturated rings. The van der Waals surface area contributed by atoms with Gasteiger partial charge in [-0.25, -0.2) is 9.97 Å². The van der Waals surface area contributed by atoms with Gasteiger partial charge in [-0.1, -0.05) is 18.2 Å². The molecule has 0 saturated carbocycles. The van der Waals surface area contributed by atoms with Gasteiger partial charge in [0.15, 0.2) is 11.5 Å². The molecule has 0 bridgehead atoms. The zero-order chi connectivity index (χ0) is 15.6. The van der Waals surface area contributed by atoms with Gasteiger partial charge in [-0.05, 0) is 23.6 Å². The maximum Gasteiger partial charge on any atom is 0.180 e. The molecule has 1 aromatic carbocycles. The van der Waals surface area contributed by atoms with Gasteiger partial charge in [0.2, 0.25) is 0 Å². The Hall–Kier alpha value is -2.86. The van der Waals surface area contributed by atoms with Crippen molar-refractivity contribution in [1.82, 2.24) is 14.4 Å². The van der Waals surface area contributed by atoms with Crippen molar-refractivity contribution < 1.29 is 5.11 Å². The first-order valence-corrected chi connectivity index (χ1v) is 8.07. The zero-order valence-corrected chi connectivity index (χ0v) is 13.0. The third-order valence-corrected chi connectivity index (χ3v) is 4.46. The minimum atomic E-state index is 0.238. The molecule has 3 aromatic heterocycles. The third kappa shape index (κ3) is 2.64. The summed E-state index contributed by atoms with van der Waals surface area (Å²) < 4.78 is 1.97. The van der Waals surface area contributed by atoms with Gasteiger partial charge in [0.25, 0.3) is 0 Å². The minimum absolute atomic E-state index is 0.238. The van der Waals surface area contributed by atoms with Crippen molar-refractivity contribution in [2.45, 2.75) is 6.54 Å². The highest BCUT2D eigenvalue weighted by Crippen LogP contribution is 2.26. The number of phenols is 1. The number of rotatable bonds is 4. The summed E-state index contributed by atoms with van der Waals surface area (Å²) in [6, 6.07) is 11.3. The van der Waals surface area contributed by atoms with Crippen LogP contribution in [0.5, 0.6) is 5.75 Å². The lowest BCUT2D eigenvalue weighted by Gasteiger charge is -2.07. The number of aromatic hydroxyl groups is 1. The maximum atomic E-state index is 9.68. The van der Waals surface area contributed by atoms with Gasteiger partial charge in [-0.15, -0.1) is 11.3 Å². The lowest BCUT2D eigenvalue weighted by molar-refractivity contribution is 0.475. The topological polar surface area (TPSA) is 62.5 Å². The molecule has 0 atom stereocenters. The van der Waals surface area contributed by atoms with Crippen LogP contribution in [0.4, 0.5) is 5.82 Å². The van der Waals surface area contributed by atoms with Gasteiger partial charge in [0.1, 0.15) is 5.75 Å². The second-order valence-corrected chi connectivity index (χ2v) is 6.13. The molecule has 2 N–H and O–H groups in total. The van der Waals surface area contributed by atoms with E-state index in [1.807, 2.05) is 28.8 Å². The molecule has 4 rings (SSSR count). The predicted molar refractivity (Wildman–Crippen MR) is 91.7 cm³/mol. The highest BCUT2D eigenvalue weighted by atomic mass is 32.1. The molecule has 0 aliphatic heterocycles. The van der Waals surface area contributed by atoms with Crippen molar-refractivity contribution in [3.05, 3.63) is 65.2 Å². The number of nitrogens with zero attached hydrogens (tertiary/aromatic N) is 3. The fourth-order valence-electron chi connectivity index (χ4n) is 2.51. The van der Waals surface area contributed by atoms with Crippen LogP contribution in [0.2, 0.25) is 0 Å². The van der Waals surface area contributed by atoms with Crippen LogP contribution >= 0.6 is 11.3 Å². The summed E-state index contributed by atoms with van der Waals surface area (Å²) in [4.78, 5) is 10.1. The van der Waals surface area contributed by atoms with Crippen LogP contribution < -0.4 is 5.32 Å². The van der Waals surface area contributed by atoms with E-state index in [1.165, 1.54) is 4.88 Å². The van der Waals surface area contributed by atoms with E-state index >= 15 is 0 Å². The summed E-state index contributed by atoms with van der Waals surface area (Å²) >= 11 is 1.71. The molecule has 5 nitrogen and oxygen atoms in total. The molecule has 0 unspecified atom stereocenters. The van der Waals surface area contributed by atoms with Crippen LogP contribution in [0.3, 0.4) is 0 Å². The molecule has 0 aliphatic rings. The lowest BCUT2D eigenvalue weighted by Crippen LogP contribution is -2.02. The molecule has 4 aromatic rings. The number of imidazole rings is 1. The Morgan fingerprint density at radius 3 is 2.96 bits per heavy atom. The summed E-state index contributed by atoms with van der Waals surface area (Å²) in [5.74, 6) is 0.981. The number of fused-ring (bicyclic) bond motifs is 1. The van der Waals surface area contributed by atoms with E-state index in [0.717, 1.165) is 29.3 Å². The van der Waals surface area contributed by atoms with Crippen LogP contribution in [0, 0.1) is 0 Å². The average Bonchev–Trinajstić information content (AvgIpc) is 3.22. The Kier molecular flexibility index (Phi) is 3.44. The monoisotopic (exact) mass is 322 g/mol. The normalized spacial score (nSPS) is 11.0. The summed E-state index contributed by atoms with van der Waals surface area (Å²) in [5.41, 5.74) is 2.59. The van der Waals surface area contributed by atoms with Crippen LogP contribution in [-0.4, -0.2) is 19.5 Å². The molecule has 3 heterocycles. The molecular weight excluding hydrogens is 308 g/mol. The summed E-state index contributed by atoms with van der Waals surface area (Å²) in [6.07, 6.45) is 5.41. The largest absolute Gasteiger partial charge is 0.508 e. The molecule has 114 valence electrons. The smallest absolute Gasteiger partial charge is 0.180 e. The van der Waals surface area contributed by atoms with Gasteiger partial charge in [0.05, 0.1) is 18.4 Å². The van der Waals surface area contributed by atoms with E-state index in [2.05, 4.69) is 26.7 Å². The first-order chi connectivity index (χ1) is 11.3. The van der Waals surface area contributed by atoms with Crippen molar-refractivity contribution in [3.63, 3.8) is 0 Å². The maximum absolute atomic E-state index is 9.68. The van der Waals surface area contributed by atoms with Crippen molar-refractivity contribution >= 4 is 22.8 Å². The number of benzene rings is 1. The van der Waals surface area contributed by atoms with Crippen molar-refractivity contribution in [2.75, 3.05) is 5.32 Å². The Morgan fingerprint density at radius 1 is 1.17 bits per heavy atom. The van der Waals surface area contributed by atoms with E-state index < -0.39 is 0 Å². The van der Waals surface area contributed by atoms with E-state index in [4.69, 9.17) is 0 Å². The Morgan fingerprint density at radius 2 is 2.13 bits per heavy atom. The van der Waals surface area contributed by atoms with Crippen LogP contribution in [-0.2, 0) is 6.54 Å². The lowest BCUT2D eigenvalue weighted by atomic mass is 10.1. The van der Waals surface area contributed by atoms with E-state index in [-0.39, 0.29) is 5.75 Å². The summed E-state index contributed by atoms with van der Waals surface area (Å²) in [6.45, 7) is 0.721. The number of phenolic OH excluding ortho intramolecular Hbond substituents is 1. The standard InChI is InChI=1S/C17H14N4OS/c22-13-4-1-3-12(9-13)15-11-20-17-16(18-6-7-21(15)17)19-10-14-5-2-8-23-14/h1-9,11,22H,10H2,(H,18,19). The third-order valence-electron chi connectivity index (χ3n) is 3.58. The summed E-state index contributed by atoms with van der Waals surface area (Å²) in [7, 11) is 0. The number of hydrogen-bond acceptors (Lipinski definition) is 5. The van der Waals surface area contributed by atoms with Crippen molar-refractivity contribution in [1.29, 1.82) is 0 Å². The van der Waals surface area contributed by atoms with Gasteiger partial charge in [-0.3, -0.25) is 4.40 Å². The predicted octanol–water partition coefficient (Wildman–Crippen LogP) is 3.78. The highest BCUT2D eigenvalue weighted by Gasteiger charge is 2.10. The van der Waals surface area contributed by atoms with Gasteiger partial charge in [0, 0.05) is 22.8 Å². The van der Waals surface area contributed by atoms with Crippen LogP contribution in [0.15, 0.2) is 60.4 Å². The summed E-state index contributed by atoms with van der Waals surface area (Å²) in [5, 5.41) is 15.1. The highest BCUT2D eigenvalue weighted by molar-refractivity contribution is 7.09. The van der Waals surface area contributed by atoms with Crippen molar-refractivity contribution in [3.8, 4) is 17.0 Å². The second-order valence-electron chi connectivity index (χ2n) is 5.10. The molecule has 0 spiro atoms. The number of anilines is 1. The molecule has 23 heavy (non-hydrogen) atoms. The average molecular weight is 322 g/mol. The van der Waals surface area contributed by atoms with E-state index in [0.29, 0.717) is 0 Å². The Bertz CT molecular complexity index is 946. The second kappa shape index (κ2) is 5.73. The quantitative estimate of drug-likeness (QED) is 0.600. The SMILES string of the molecule is Oc1cccc(-c2cnc3c(NCc4cccs4)nccn23)c1. The first kappa shape index (κ1) is 13.8. The number of nitrogens with one attached hydrogen (secondary N) is 1. The minimum Gasteiger partial charge on any atom is -0.508 e. The fraction of sp³-hybridized carbons (Fsp3) is 0.0588. The van der Waals surface area contributed by atoms with E-state index in [9.17, 15) is 5.11 Å². The van der Waals surface area contributed by atoms with Crippen molar-refractivity contribution in [2.24, 2.45) is 0 Å². The molecule has 0 amide bonds.